The number of nitrogens with zero attached hydrogens (tertiary/aromatic N) is 5. The Morgan fingerprint density at radius 1 is 1.00 bits per heavy atom. The topological polar surface area (TPSA) is 86.3 Å². The molecule has 0 N–H and O–H groups in total. The highest BCUT2D eigenvalue weighted by molar-refractivity contribution is 7.89. The fourth-order valence-electron chi connectivity index (χ4n) is 3.33. The van der Waals surface area contributed by atoms with Gasteiger partial charge < -0.3 is 19.4 Å². The Morgan fingerprint density at radius 3 is 2.14 bits per heavy atom. The Morgan fingerprint density at radius 2 is 1.62 bits per heavy atom. The third kappa shape index (κ3) is 5.37. The number of ether oxygens (including phenoxy) is 1. The van der Waals surface area contributed by atoms with E-state index in [0.717, 1.165) is 13.1 Å². The van der Waals surface area contributed by atoms with Crippen LogP contribution >= 0.6 is 0 Å². The molecule has 0 spiro atoms. The summed E-state index contributed by atoms with van der Waals surface area (Å²) >= 11 is 0. The molecule has 2 aliphatic rings. The van der Waals surface area contributed by atoms with Crippen LogP contribution in [0.25, 0.3) is 0 Å². The molecule has 2 saturated heterocycles. The first-order chi connectivity index (χ1) is 13.6. The molecule has 162 valence electrons. The predicted octanol–water partition coefficient (Wildman–Crippen LogP) is 1.07. The van der Waals surface area contributed by atoms with E-state index >= 15 is 0 Å². The third-order valence-corrected chi connectivity index (χ3v) is 6.96. The van der Waals surface area contributed by atoms with Gasteiger partial charge in [0.1, 0.15) is 16.3 Å². The lowest BCUT2D eigenvalue weighted by Gasteiger charge is -2.36. The monoisotopic (exact) mass is 425 g/mol. The third-order valence-electron chi connectivity index (χ3n) is 5.08. The second-order valence-corrected chi connectivity index (χ2v) is 10.5. The molecule has 1 amide bonds. The van der Waals surface area contributed by atoms with Crippen LogP contribution in [-0.2, 0) is 14.8 Å². The van der Waals surface area contributed by atoms with Gasteiger partial charge in [0.25, 0.3) is 0 Å². The van der Waals surface area contributed by atoms with Crippen molar-refractivity contribution in [2.24, 2.45) is 0 Å². The fourth-order valence-corrected chi connectivity index (χ4v) is 4.70. The highest BCUT2D eigenvalue weighted by atomic mass is 32.2. The van der Waals surface area contributed by atoms with Gasteiger partial charge >= 0.3 is 6.09 Å². The van der Waals surface area contributed by atoms with Gasteiger partial charge in [-0.25, -0.2) is 18.2 Å². The summed E-state index contributed by atoms with van der Waals surface area (Å²) in [4.78, 5) is 22.6. The standard InChI is InChI=1S/C19H31N5O4S/c1-19(2,3)28-18(25)23-11-9-22(10-12-23)17-6-5-16(15-20-17)29(26,27)24-13-7-21(4)8-14-24/h5-6,15H,7-14H2,1-4H3. The van der Waals surface area contributed by atoms with Crippen LogP contribution in [0.1, 0.15) is 20.8 Å². The molecule has 2 fully saturated rings. The van der Waals surface area contributed by atoms with E-state index < -0.39 is 15.6 Å². The van der Waals surface area contributed by atoms with Crippen LogP contribution in [0.15, 0.2) is 23.2 Å². The van der Waals surface area contributed by atoms with Crippen LogP contribution in [0.5, 0.6) is 0 Å². The average Bonchev–Trinajstić information content (AvgIpc) is 2.67. The zero-order valence-electron chi connectivity index (χ0n) is 17.7. The van der Waals surface area contributed by atoms with E-state index in [1.807, 2.05) is 32.7 Å². The van der Waals surface area contributed by atoms with Gasteiger partial charge in [0.15, 0.2) is 0 Å². The maximum atomic E-state index is 12.8. The van der Waals surface area contributed by atoms with Crippen LogP contribution in [0.2, 0.25) is 0 Å². The summed E-state index contributed by atoms with van der Waals surface area (Å²) in [7, 11) is -1.53. The number of aromatic nitrogens is 1. The fraction of sp³-hybridized carbons (Fsp3) is 0.684. The molecule has 1 aromatic heterocycles. The lowest BCUT2D eigenvalue weighted by molar-refractivity contribution is 0.0240. The summed E-state index contributed by atoms with van der Waals surface area (Å²) in [5.41, 5.74) is -0.513. The average molecular weight is 426 g/mol. The number of hydrogen-bond donors (Lipinski definition) is 0. The van der Waals surface area contributed by atoms with Crippen molar-refractivity contribution in [3.8, 4) is 0 Å². The second-order valence-electron chi connectivity index (χ2n) is 8.51. The van der Waals surface area contributed by atoms with Gasteiger partial charge in [0, 0.05) is 58.6 Å². The Hall–Kier alpha value is -1.91. The van der Waals surface area contributed by atoms with Crippen molar-refractivity contribution >= 4 is 21.9 Å². The van der Waals surface area contributed by atoms with Crippen molar-refractivity contribution in [2.45, 2.75) is 31.3 Å². The van der Waals surface area contributed by atoms with Crippen molar-refractivity contribution in [3.05, 3.63) is 18.3 Å². The summed E-state index contributed by atoms with van der Waals surface area (Å²) < 4.78 is 32.5. The minimum Gasteiger partial charge on any atom is -0.444 e. The summed E-state index contributed by atoms with van der Waals surface area (Å²) in [6.07, 6.45) is 1.13. The van der Waals surface area contributed by atoms with Gasteiger partial charge in [-0.05, 0) is 40.0 Å². The molecule has 0 aromatic carbocycles. The number of pyridine rings is 1. The van der Waals surface area contributed by atoms with Gasteiger partial charge in [-0.1, -0.05) is 0 Å². The maximum absolute atomic E-state index is 12.8. The van der Waals surface area contributed by atoms with E-state index in [0.29, 0.717) is 45.1 Å². The molecule has 0 atom stereocenters. The van der Waals surface area contributed by atoms with Crippen molar-refractivity contribution in [3.63, 3.8) is 0 Å². The Kier molecular flexibility index (Phi) is 6.35. The normalized spacial score (nSPS) is 20.0. The van der Waals surface area contributed by atoms with Crippen LogP contribution in [-0.4, -0.2) is 98.6 Å². The molecule has 0 radical (unpaired) electrons. The number of likely N-dealkylation sites (N-methyl/N-ethyl adjacent to an activating group) is 1. The number of piperazine rings is 2. The van der Waals surface area contributed by atoms with Crippen LogP contribution < -0.4 is 4.90 Å². The van der Waals surface area contributed by atoms with Crippen LogP contribution in [0.4, 0.5) is 10.6 Å². The smallest absolute Gasteiger partial charge is 0.410 e. The Balaban J connectivity index is 1.59. The summed E-state index contributed by atoms with van der Waals surface area (Å²) in [6.45, 7) is 10.3. The minimum atomic E-state index is -3.51. The van der Waals surface area contributed by atoms with Crippen LogP contribution in [0, 0.1) is 0 Å². The van der Waals surface area contributed by atoms with E-state index in [-0.39, 0.29) is 11.0 Å². The molecule has 29 heavy (non-hydrogen) atoms. The Bertz CT molecular complexity index is 806. The van der Waals surface area contributed by atoms with E-state index in [4.69, 9.17) is 4.74 Å². The molecule has 3 heterocycles. The molecule has 10 heteroatoms. The second kappa shape index (κ2) is 8.45. The van der Waals surface area contributed by atoms with Gasteiger partial charge in [-0.15, -0.1) is 0 Å². The first-order valence-corrected chi connectivity index (χ1v) is 11.4. The van der Waals surface area contributed by atoms with Gasteiger partial charge in [0.2, 0.25) is 10.0 Å². The molecular weight excluding hydrogens is 394 g/mol. The first-order valence-electron chi connectivity index (χ1n) is 9.94. The van der Waals surface area contributed by atoms with E-state index in [1.165, 1.54) is 10.5 Å². The number of sulfonamides is 1. The largest absolute Gasteiger partial charge is 0.444 e. The molecule has 0 bridgehead atoms. The molecule has 2 aliphatic heterocycles. The number of carbonyl (C=O) groups excluding carboxylic acids is 1. The molecule has 0 saturated carbocycles. The molecule has 0 aliphatic carbocycles. The molecule has 1 aromatic rings. The van der Waals surface area contributed by atoms with Crippen molar-refractivity contribution < 1.29 is 17.9 Å². The van der Waals surface area contributed by atoms with Crippen molar-refractivity contribution in [1.82, 2.24) is 19.1 Å². The first kappa shape index (κ1) is 21.8. The van der Waals surface area contributed by atoms with Crippen molar-refractivity contribution in [2.75, 3.05) is 64.3 Å². The highest BCUT2D eigenvalue weighted by Crippen LogP contribution is 2.21. The summed E-state index contributed by atoms with van der Waals surface area (Å²) in [6, 6.07) is 3.36. The highest BCUT2D eigenvalue weighted by Gasteiger charge is 2.29. The Labute approximate surface area is 173 Å². The van der Waals surface area contributed by atoms with E-state index in [2.05, 4.69) is 9.88 Å². The summed E-state index contributed by atoms with van der Waals surface area (Å²) in [5, 5.41) is 0. The van der Waals surface area contributed by atoms with Crippen molar-refractivity contribution in [1.29, 1.82) is 0 Å². The van der Waals surface area contributed by atoms with Gasteiger partial charge in [0.05, 0.1) is 0 Å². The lowest BCUT2D eigenvalue weighted by Crippen LogP contribution is -2.50. The molecule has 9 nitrogen and oxygen atoms in total. The quantitative estimate of drug-likeness (QED) is 0.716. The zero-order valence-corrected chi connectivity index (χ0v) is 18.5. The summed E-state index contributed by atoms with van der Waals surface area (Å²) in [5.74, 6) is 0.714. The van der Waals surface area contributed by atoms with E-state index in [9.17, 15) is 13.2 Å². The van der Waals surface area contributed by atoms with Gasteiger partial charge in [-0.3, -0.25) is 0 Å². The minimum absolute atomic E-state index is 0.221. The number of amides is 1. The van der Waals surface area contributed by atoms with E-state index in [1.54, 1.807) is 17.0 Å². The zero-order chi connectivity index (χ0) is 21.2. The number of rotatable bonds is 3. The number of hydrogen-bond acceptors (Lipinski definition) is 7. The predicted molar refractivity (Wildman–Crippen MR) is 111 cm³/mol. The lowest BCUT2D eigenvalue weighted by atomic mass is 10.2. The SMILES string of the molecule is CN1CCN(S(=O)(=O)c2ccc(N3CCN(C(=O)OC(C)(C)C)CC3)nc2)CC1. The number of anilines is 1. The molecule has 3 rings (SSSR count). The number of carbonyl (C=O) groups is 1. The maximum Gasteiger partial charge on any atom is 0.410 e. The molecular formula is C19H31N5O4S. The van der Waals surface area contributed by atoms with Crippen LogP contribution in [0.3, 0.4) is 0 Å². The van der Waals surface area contributed by atoms with Gasteiger partial charge in [-0.2, -0.15) is 4.31 Å². The molecule has 0 unspecified atom stereocenters.